The molecule has 0 saturated heterocycles. The molecular weight excluding hydrogens is 488 g/mol. The summed E-state index contributed by atoms with van der Waals surface area (Å²) >= 11 is 1.27. The first kappa shape index (κ1) is 24.3. The van der Waals surface area contributed by atoms with Crippen LogP contribution in [0, 0.1) is 0 Å². The van der Waals surface area contributed by atoms with Crippen LogP contribution in [0.5, 0.6) is 0 Å². The summed E-state index contributed by atoms with van der Waals surface area (Å²) in [6.45, 7) is -0.294. The first-order valence-corrected chi connectivity index (χ1v) is 12.7. The molecule has 2 aromatic carbocycles. The van der Waals surface area contributed by atoms with Crippen molar-refractivity contribution in [1.82, 2.24) is 24.8 Å². The molecule has 0 unspecified atom stereocenters. The Kier molecular flexibility index (Phi) is 7.05. The molecular formula is C23H22N6O4S2. The van der Waals surface area contributed by atoms with Crippen LogP contribution in [0.2, 0.25) is 0 Å². The smallest absolute Gasteiger partial charge is 0.251 e. The van der Waals surface area contributed by atoms with Gasteiger partial charge in [-0.05, 0) is 23.8 Å². The van der Waals surface area contributed by atoms with Gasteiger partial charge < -0.3 is 10.6 Å². The maximum atomic E-state index is 12.4. The predicted octanol–water partition coefficient (Wildman–Crippen LogP) is 2.82. The zero-order chi connectivity index (χ0) is 25.0. The van der Waals surface area contributed by atoms with Crippen molar-refractivity contribution in [3.8, 4) is 22.4 Å². The summed E-state index contributed by atoms with van der Waals surface area (Å²) in [6, 6.07) is 13.4. The van der Waals surface area contributed by atoms with Crippen molar-refractivity contribution in [1.29, 1.82) is 0 Å². The van der Waals surface area contributed by atoms with E-state index in [1.807, 2.05) is 35.8 Å². The van der Waals surface area contributed by atoms with Gasteiger partial charge in [0.1, 0.15) is 0 Å². The molecule has 35 heavy (non-hydrogen) atoms. The van der Waals surface area contributed by atoms with E-state index in [0.29, 0.717) is 10.8 Å². The number of carbonyl (C=O) groups is 2. The fourth-order valence-corrected chi connectivity index (χ4v) is 4.82. The van der Waals surface area contributed by atoms with E-state index in [2.05, 4.69) is 25.8 Å². The van der Waals surface area contributed by atoms with Gasteiger partial charge in [0.25, 0.3) is 5.91 Å². The minimum absolute atomic E-state index is 0.00675. The molecule has 0 spiro atoms. The predicted molar refractivity (Wildman–Crippen MR) is 133 cm³/mol. The van der Waals surface area contributed by atoms with Gasteiger partial charge in [0, 0.05) is 42.4 Å². The lowest BCUT2D eigenvalue weighted by atomic mass is 10.1. The van der Waals surface area contributed by atoms with Gasteiger partial charge in [-0.1, -0.05) is 30.3 Å². The molecule has 3 N–H and O–H groups in total. The standard InChI is InChI=1S/C23H22N6O4S2/c1-29(2)35(32,33)19-5-3-4-17(10-19)22(31)24-13-21(30)28-23-27-20(14-34-23)16-8-6-15(7-9-16)18-11-25-26-12-18/h3-12,14H,13H2,1-2H3,(H,24,31)(H,25,26)(H,27,28,30). The first-order chi connectivity index (χ1) is 16.7. The summed E-state index contributed by atoms with van der Waals surface area (Å²) < 4.78 is 25.6. The van der Waals surface area contributed by atoms with Crippen LogP contribution < -0.4 is 10.6 Å². The van der Waals surface area contributed by atoms with Crippen LogP contribution in [-0.4, -0.2) is 60.4 Å². The quantitative estimate of drug-likeness (QED) is 0.333. The van der Waals surface area contributed by atoms with Crippen molar-refractivity contribution in [2.45, 2.75) is 4.90 Å². The van der Waals surface area contributed by atoms with Gasteiger partial charge >= 0.3 is 0 Å². The van der Waals surface area contributed by atoms with E-state index < -0.39 is 21.8 Å². The Morgan fingerprint density at radius 2 is 1.80 bits per heavy atom. The van der Waals surface area contributed by atoms with Crippen LogP contribution in [-0.2, 0) is 14.8 Å². The number of hydrogen-bond acceptors (Lipinski definition) is 7. The van der Waals surface area contributed by atoms with Crippen LogP contribution in [0.25, 0.3) is 22.4 Å². The Morgan fingerprint density at radius 3 is 2.49 bits per heavy atom. The molecule has 0 radical (unpaired) electrons. The number of nitrogens with zero attached hydrogens (tertiary/aromatic N) is 3. The Morgan fingerprint density at radius 1 is 1.06 bits per heavy atom. The highest BCUT2D eigenvalue weighted by Crippen LogP contribution is 2.27. The summed E-state index contributed by atoms with van der Waals surface area (Å²) in [7, 11) is -0.857. The molecule has 0 atom stereocenters. The molecule has 2 heterocycles. The van der Waals surface area contributed by atoms with E-state index in [-0.39, 0.29) is 17.0 Å². The zero-order valence-electron chi connectivity index (χ0n) is 18.8. The van der Waals surface area contributed by atoms with Crippen LogP contribution >= 0.6 is 11.3 Å². The molecule has 0 aliphatic rings. The van der Waals surface area contributed by atoms with Crippen molar-refractivity contribution in [3.63, 3.8) is 0 Å². The van der Waals surface area contributed by atoms with Crippen LogP contribution in [0.15, 0.2) is 71.2 Å². The Labute approximate surface area is 206 Å². The summed E-state index contributed by atoms with van der Waals surface area (Å²) in [4.78, 5) is 29.2. The minimum atomic E-state index is -3.68. The Bertz CT molecular complexity index is 1450. The lowest BCUT2D eigenvalue weighted by molar-refractivity contribution is -0.115. The topological polar surface area (TPSA) is 137 Å². The largest absolute Gasteiger partial charge is 0.343 e. The Balaban J connectivity index is 1.34. The number of aromatic nitrogens is 3. The van der Waals surface area contributed by atoms with Gasteiger partial charge in [0.2, 0.25) is 15.9 Å². The molecule has 4 aromatic rings. The van der Waals surface area contributed by atoms with Crippen molar-refractivity contribution >= 4 is 38.3 Å². The number of anilines is 1. The Hall–Kier alpha value is -3.87. The molecule has 0 fully saturated rings. The summed E-state index contributed by atoms with van der Waals surface area (Å²) in [5, 5.41) is 14.1. The average molecular weight is 511 g/mol. The highest BCUT2D eigenvalue weighted by atomic mass is 32.2. The van der Waals surface area contributed by atoms with Gasteiger partial charge in [-0.25, -0.2) is 17.7 Å². The number of aromatic amines is 1. The average Bonchev–Trinajstić information content (AvgIpc) is 3.55. The zero-order valence-corrected chi connectivity index (χ0v) is 20.5. The van der Waals surface area contributed by atoms with E-state index in [1.165, 1.54) is 49.7 Å². The maximum Gasteiger partial charge on any atom is 0.251 e. The summed E-state index contributed by atoms with van der Waals surface area (Å²) in [5.74, 6) is -1.01. The van der Waals surface area contributed by atoms with E-state index in [0.717, 1.165) is 21.0 Å². The van der Waals surface area contributed by atoms with Crippen molar-refractivity contribution in [3.05, 3.63) is 71.9 Å². The number of nitrogens with one attached hydrogen (secondary N) is 3. The van der Waals surface area contributed by atoms with E-state index >= 15 is 0 Å². The molecule has 0 bridgehead atoms. The second kappa shape index (κ2) is 10.2. The van der Waals surface area contributed by atoms with Crippen molar-refractivity contribution < 1.29 is 18.0 Å². The van der Waals surface area contributed by atoms with Crippen LogP contribution in [0.3, 0.4) is 0 Å². The number of H-pyrrole nitrogens is 1. The lowest BCUT2D eigenvalue weighted by Gasteiger charge is -2.12. The van der Waals surface area contributed by atoms with Gasteiger partial charge in [-0.2, -0.15) is 5.10 Å². The number of benzene rings is 2. The van der Waals surface area contributed by atoms with Gasteiger partial charge in [0.15, 0.2) is 5.13 Å². The van der Waals surface area contributed by atoms with E-state index in [4.69, 9.17) is 0 Å². The van der Waals surface area contributed by atoms with Gasteiger partial charge in [-0.15, -0.1) is 11.3 Å². The molecule has 2 aromatic heterocycles. The van der Waals surface area contributed by atoms with Gasteiger partial charge in [0.05, 0.1) is 23.3 Å². The molecule has 180 valence electrons. The number of sulfonamides is 1. The van der Waals surface area contributed by atoms with Crippen LogP contribution in [0.4, 0.5) is 5.13 Å². The van der Waals surface area contributed by atoms with Gasteiger partial charge in [-0.3, -0.25) is 14.7 Å². The third-order valence-electron chi connectivity index (χ3n) is 5.05. The molecule has 10 nitrogen and oxygen atoms in total. The fourth-order valence-electron chi connectivity index (χ4n) is 3.14. The van der Waals surface area contributed by atoms with E-state index in [1.54, 1.807) is 6.20 Å². The normalized spacial score (nSPS) is 11.4. The highest BCUT2D eigenvalue weighted by Gasteiger charge is 2.19. The van der Waals surface area contributed by atoms with Crippen molar-refractivity contribution in [2.75, 3.05) is 26.0 Å². The summed E-state index contributed by atoms with van der Waals surface area (Å²) in [6.07, 6.45) is 3.55. The van der Waals surface area contributed by atoms with Crippen molar-refractivity contribution in [2.24, 2.45) is 0 Å². The minimum Gasteiger partial charge on any atom is -0.343 e. The third kappa shape index (κ3) is 5.62. The van der Waals surface area contributed by atoms with E-state index in [9.17, 15) is 18.0 Å². The third-order valence-corrected chi connectivity index (χ3v) is 7.62. The molecule has 2 amide bonds. The first-order valence-electron chi connectivity index (χ1n) is 10.4. The molecule has 0 aliphatic carbocycles. The molecule has 12 heteroatoms. The lowest BCUT2D eigenvalue weighted by Crippen LogP contribution is -2.33. The highest BCUT2D eigenvalue weighted by molar-refractivity contribution is 7.89. The second-order valence-corrected chi connectivity index (χ2v) is 10.7. The molecule has 0 saturated carbocycles. The number of thiazole rings is 1. The maximum absolute atomic E-state index is 12.4. The number of amides is 2. The fraction of sp³-hybridized carbons (Fsp3) is 0.130. The monoisotopic (exact) mass is 510 g/mol. The van der Waals surface area contributed by atoms with Crippen LogP contribution in [0.1, 0.15) is 10.4 Å². The SMILES string of the molecule is CN(C)S(=O)(=O)c1cccc(C(=O)NCC(=O)Nc2nc(-c3ccc(-c4cn[nH]c4)cc3)cs2)c1. The molecule has 4 rings (SSSR count). The number of hydrogen-bond donors (Lipinski definition) is 3. The number of carbonyl (C=O) groups excluding carboxylic acids is 2. The number of rotatable bonds is 8. The summed E-state index contributed by atoms with van der Waals surface area (Å²) in [5.41, 5.74) is 3.75. The molecule has 0 aliphatic heterocycles. The second-order valence-electron chi connectivity index (χ2n) is 7.65.